The third-order valence-corrected chi connectivity index (χ3v) is 4.21. The van der Waals surface area contributed by atoms with Crippen LogP contribution >= 0.6 is 11.6 Å². The highest BCUT2D eigenvalue weighted by Crippen LogP contribution is 2.19. The van der Waals surface area contributed by atoms with Crippen molar-refractivity contribution in [3.05, 3.63) is 5.28 Å². The first-order chi connectivity index (χ1) is 10.3. The average molecular weight is 312 g/mol. The van der Waals surface area contributed by atoms with Gasteiger partial charge in [-0.3, -0.25) is 0 Å². The lowest BCUT2D eigenvalue weighted by molar-refractivity contribution is 0.0594. The Morgan fingerprint density at radius 2 is 2.00 bits per heavy atom. The van der Waals surface area contributed by atoms with Gasteiger partial charge in [-0.05, 0) is 49.6 Å². The molecule has 3 heterocycles. The summed E-state index contributed by atoms with van der Waals surface area (Å²) < 4.78 is 5.49. The molecule has 0 saturated carbocycles. The molecule has 1 unspecified atom stereocenters. The van der Waals surface area contributed by atoms with Crippen LogP contribution in [-0.2, 0) is 4.74 Å². The van der Waals surface area contributed by atoms with E-state index in [1.807, 2.05) is 0 Å². The Morgan fingerprint density at radius 1 is 1.14 bits per heavy atom. The van der Waals surface area contributed by atoms with Gasteiger partial charge in [0.1, 0.15) is 0 Å². The quantitative estimate of drug-likeness (QED) is 0.921. The van der Waals surface area contributed by atoms with E-state index in [9.17, 15) is 0 Å². The number of nitrogens with zero attached hydrogens (tertiary/aromatic N) is 4. The van der Waals surface area contributed by atoms with E-state index in [0.29, 0.717) is 17.8 Å². The van der Waals surface area contributed by atoms with Gasteiger partial charge >= 0.3 is 0 Å². The molecule has 7 heteroatoms. The zero-order chi connectivity index (χ0) is 14.5. The van der Waals surface area contributed by atoms with Crippen molar-refractivity contribution in [3.63, 3.8) is 0 Å². The van der Waals surface area contributed by atoms with Crippen LogP contribution in [0.4, 0.5) is 11.9 Å². The van der Waals surface area contributed by atoms with E-state index in [0.717, 1.165) is 39.3 Å². The van der Waals surface area contributed by atoms with Gasteiger partial charge in [-0.15, -0.1) is 0 Å². The standard InChI is InChI=1S/C14H22ClN5O/c15-12-17-13(16-9-11-5-4-8-21-10-11)19-14(18-12)20-6-2-1-3-7-20/h11H,1-10H2,(H,16,17,18,19). The smallest absolute Gasteiger partial charge is 0.231 e. The van der Waals surface area contributed by atoms with Gasteiger partial charge in [0.15, 0.2) is 0 Å². The fourth-order valence-electron chi connectivity index (χ4n) is 2.86. The summed E-state index contributed by atoms with van der Waals surface area (Å²) in [7, 11) is 0. The van der Waals surface area contributed by atoms with Crippen molar-refractivity contribution >= 4 is 23.5 Å². The highest BCUT2D eigenvalue weighted by molar-refractivity contribution is 6.28. The van der Waals surface area contributed by atoms with E-state index in [1.165, 1.54) is 25.7 Å². The molecule has 1 atom stereocenters. The third-order valence-electron chi connectivity index (χ3n) is 4.04. The molecule has 1 aromatic heterocycles. The summed E-state index contributed by atoms with van der Waals surface area (Å²) in [5.41, 5.74) is 0. The van der Waals surface area contributed by atoms with Crippen LogP contribution in [-0.4, -0.2) is 47.8 Å². The minimum Gasteiger partial charge on any atom is -0.381 e. The van der Waals surface area contributed by atoms with Crippen LogP contribution in [0.3, 0.4) is 0 Å². The lowest BCUT2D eigenvalue weighted by Crippen LogP contribution is -2.31. The first-order valence-corrected chi connectivity index (χ1v) is 8.17. The number of hydrogen-bond donors (Lipinski definition) is 1. The van der Waals surface area contributed by atoms with Gasteiger partial charge in [0, 0.05) is 26.2 Å². The minimum absolute atomic E-state index is 0.257. The van der Waals surface area contributed by atoms with Crippen molar-refractivity contribution in [2.45, 2.75) is 32.1 Å². The number of nitrogens with one attached hydrogen (secondary N) is 1. The van der Waals surface area contributed by atoms with E-state index >= 15 is 0 Å². The molecule has 2 saturated heterocycles. The highest BCUT2D eigenvalue weighted by Gasteiger charge is 2.17. The molecule has 6 nitrogen and oxygen atoms in total. The summed E-state index contributed by atoms with van der Waals surface area (Å²) in [6, 6.07) is 0. The third kappa shape index (κ3) is 4.17. The lowest BCUT2D eigenvalue weighted by Gasteiger charge is -2.27. The fraction of sp³-hybridized carbons (Fsp3) is 0.786. The van der Waals surface area contributed by atoms with Crippen LogP contribution in [0.25, 0.3) is 0 Å². The second-order valence-electron chi connectivity index (χ2n) is 5.74. The maximum atomic E-state index is 6.04. The van der Waals surface area contributed by atoms with E-state index in [-0.39, 0.29) is 5.28 Å². The van der Waals surface area contributed by atoms with Gasteiger partial charge < -0.3 is 15.0 Å². The molecule has 0 aromatic carbocycles. The molecule has 1 N–H and O–H groups in total. The van der Waals surface area contributed by atoms with Crippen LogP contribution in [0.15, 0.2) is 0 Å². The van der Waals surface area contributed by atoms with Gasteiger partial charge in [-0.1, -0.05) is 0 Å². The molecule has 0 spiro atoms. The topological polar surface area (TPSA) is 63.2 Å². The van der Waals surface area contributed by atoms with Crippen molar-refractivity contribution in [3.8, 4) is 0 Å². The SMILES string of the molecule is Clc1nc(NCC2CCCOC2)nc(N2CCCCC2)n1. The number of rotatable bonds is 4. The van der Waals surface area contributed by atoms with Crippen molar-refractivity contribution in [2.24, 2.45) is 5.92 Å². The Bertz CT molecular complexity index is 461. The van der Waals surface area contributed by atoms with Gasteiger partial charge in [-0.25, -0.2) is 0 Å². The molecule has 2 aliphatic heterocycles. The summed E-state index contributed by atoms with van der Waals surface area (Å²) >= 11 is 6.04. The molecule has 2 fully saturated rings. The molecule has 3 rings (SSSR count). The first-order valence-electron chi connectivity index (χ1n) is 7.79. The lowest BCUT2D eigenvalue weighted by atomic mass is 10.0. The van der Waals surface area contributed by atoms with Crippen LogP contribution in [0, 0.1) is 5.92 Å². The van der Waals surface area contributed by atoms with E-state index in [4.69, 9.17) is 16.3 Å². The number of anilines is 2. The first kappa shape index (κ1) is 14.8. The molecule has 1 aromatic rings. The van der Waals surface area contributed by atoms with Gasteiger partial charge in [0.05, 0.1) is 6.61 Å². The Balaban J connectivity index is 1.62. The van der Waals surface area contributed by atoms with Crippen LogP contribution < -0.4 is 10.2 Å². The van der Waals surface area contributed by atoms with Crippen LogP contribution in [0.5, 0.6) is 0 Å². The normalized spacial score (nSPS) is 23.1. The van der Waals surface area contributed by atoms with E-state index in [2.05, 4.69) is 25.2 Å². The van der Waals surface area contributed by atoms with Crippen molar-refractivity contribution in [1.29, 1.82) is 0 Å². The zero-order valence-electron chi connectivity index (χ0n) is 12.2. The largest absolute Gasteiger partial charge is 0.381 e. The van der Waals surface area contributed by atoms with Crippen molar-refractivity contribution < 1.29 is 4.74 Å². The molecule has 0 amide bonds. The Morgan fingerprint density at radius 3 is 2.76 bits per heavy atom. The van der Waals surface area contributed by atoms with Gasteiger partial charge in [0.25, 0.3) is 0 Å². The second-order valence-corrected chi connectivity index (χ2v) is 6.08. The Kier molecular flexibility index (Phi) is 5.08. The summed E-state index contributed by atoms with van der Waals surface area (Å²) in [6.45, 7) is 4.50. The van der Waals surface area contributed by atoms with E-state index < -0.39 is 0 Å². The van der Waals surface area contributed by atoms with Crippen LogP contribution in [0.1, 0.15) is 32.1 Å². The summed E-state index contributed by atoms with van der Waals surface area (Å²) in [5, 5.41) is 3.54. The molecule has 0 radical (unpaired) electrons. The predicted octanol–water partition coefficient (Wildman–Crippen LogP) is 2.35. The molecule has 21 heavy (non-hydrogen) atoms. The number of halogens is 1. The Labute approximate surface area is 130 Å². The van der Waals surface area contributed by atoms with Gasteiger partial charge in [-0.2, -0.15) is 15.0 Å². The van der Waals surface area contributed by atoms with Crippen molar-refractivity contribution in [1.82, 2.24) is 15.0 Å². The number of ether oxygens (including phenoxy) is 1. The second kappa shape index (κ2) is 7.22. The van der Waals surface area contributed by atoms with E-state index in [1.54, 1.807) is 0 Å². The number of piperidine rings is 1. The highest BCUT2D eigenvalue weighted by atomic mass is 35.5. The molecule has 0 bridgehead atoms. The molecule has 116 valence electrons. The molecule has 0 aliphatic carbocycles. The summed E-state index contributed by atoms with van der Waals surface area (Å²) in [5.74, 6) is 1.78. The fourth-order valence-corrected chi connectivity index (χ4v) is 3.01. The maximum absolute atomic E-state index is 6.04. The average Bonchev–Trinajstić information content (AvgIpc) is 2.54. The molecular weight excluding hydrogens is 290 g/mol. The molecular formula is C14H22ClN5O. The maximum Gasteiger partial charge on any atom is 0.231 e. The monoisotopic (exact) mass is 311 g/mol. The Hall–Kier alpha value is -1.14. The van der Waals surface area contributed by atoms with Crippen LogP contribution in [0.2, 0.25) is 5.28 Å². The summed E-state index contributed by atoms with van der Waals surface area (Å²) in [6.07, 6.45) is 5.97. The van der Waals surface area contributed by atoms with Crippen molar-refractivity contribution in [2.75, 3.05) is 43.1 Å². The summed E-state index contributed by atoms with van der Waals surface area (Å²) in [4.78, 5) is 15.1. The minimum atomic E-state index is 0.257. The number of hydrogen-bond acceptors (Lipinski definition) is 6. The predicted molar refractivity (Wildman–Crippen MR) is 82.9 cm³/mol. The molecule has 2 aliphatic rings. The number of aromatic nitrogens is 3. The zero-order valence-corrected chi connectivity index (χ0v) is 13.0. The van der Waals surface area contributed by atoms with Gasteiger partial charge in [0.2, 0.25) is 17.2 Å².